The van der Waals surface area contributed by atoms with Crippen molar-refractivity contribution in [1.82, 2.24) is 10.2 Å². The third kappa shape index (κ3) is 5.89. The number of hydrogen-bond donors (Lipinski definition) is 3. The van der Waals surface area contributed by atoms with Crippen LogP contribution in [0.25, 0.3) is 0 Å². The molecule has 0 bridgehead atoms. The highest BCUT2D eigenvalue weighted by atomic mass is 35.5. The number of amides is 1. The first-order chi connectivity index (χ1) is 15.7. The van der Waals surface area contributed by atoms with E-state index in [1.807, 2.05) is 12.1 Å². The summed E-state index contributed by atoms with van der Waals surface area (Å²) in [5, 5.41) is 23.3. The Kier molecular flexibility index (Phi) is 8.05. The fourth-order valence-corrected chi connectivity index (χ4v) is 4.58. The molecule has 33 heavy (non-hydrogen) atoms. The average Bonchev–Trinajstić information content (AvgIpc) is 3.22. The van der Waals surface area contributed by atoms with E-state index in [-0.39, 0.29) is 29.5 Å². The maximum Gasteiger partial charge on any atom is 0.326 e. The summed E-state index contributed by atoms with van der Waals surface area (Å²) >= 11 is 11.3. The van der Waals surface area contributed by atoms with Gasteiger partial charge in [0.05, 0.1) is 23.5 Å². The molecular weight excluding hydrogens is 464 g/mol. The fourth-order valence-electron chi connectivity index (χ4n) is 4.13. The highest BCUT2D eigenvalue weighted by Crippen LogP contribution is 2.39. The van der Waals surface area contributed by atoms with Crippen molar-refractivity contribution in [2.45, 2.75) is 38.3 Å². The molecule has 1 aliphatic rings. The van der Waals surface area contributed by atoms with Gasteiger partial charge in [-0.3, -0.25) is 9.59 Å². The van der Waals surface area contributed by atoms with E-state index in [0.29, 0.717) is 23.4 Å². The number of hydrogen-bond acceptors (Lipinski definition) is 5. The van der Waals surface area contributed by atoms with Crippen LogP contribution in [0.3, 0.4) is 0 Å². The first-order valence-electron chi connectivity index (χ1n) is 10.5. The number of likely N-dealkylation sites (tertiary alicyclic amines) is 1. The van der Waals surface area contributed by atoms with Crippen LogP contribution in [0.15, 0.2) is 48.5 Å². The Bertz CT molecular complexity index is 1060. The van der Waals surface area contributed by atoms with Crippen LogP contribution in [0, 0.1) is 5.92 Å². The molecule has 0 spiro atoms. The standard InChI is InChI=1S/C24H25ClN2O5S/c1-14(28)18(12-15-6-8-16(25)9-7-15)23(33)26-13-22(30)27-19(10-11-20(27)24(31)32)17-4-2-3-5-21(17)29/h2-9,18-20,29H,10-13H2,1H3,(H,26,33)(H,31,32)/t18?,19?,20-/m0/s1. The summed E-state index contributed by atoms with van der Waals surface area (Å²) in [6.45, 7) is 1.18. The van der Waals surface area contributed by atoms with Crippen LogP contribution in [-0.4, -0.2) is 50.3 Å². The number of carbonyl (C=O) groups excluding carboxylic acids is 2. The number of rotatable bonds is 8. The number of thiocarbonyl (C=S) groups is 1. The van der Waals surface area contributed by atoms with Gasteiger partial charge in [-0.25, -0.2) is 4.79 Å². The van der Waals surface area contributed by atoms with Crippen molar-refractivity contribution in [3.8, 4) is 5.75 Å². The largest absolute Gasteiger partial charge is 0.508 e. The molecule has 3 rings (SSSR count). The number of phenols is 1. The van der Waals surface area contributed by atoms with Gasteiger partial charge < -0.3 is 20.4 Å². The van der Waals surface area contributed by atoms with Crippen molar-refractivity contribution in [2.75, 3.05) is 6.54 Å². The SMILES string of the molecule is CC(=O)C(Cc1ccc(Cl)cc1)C(=S)NCC(=O)N1C(c2ccccc2O)CC[C@H]1C(=O)O. The molecule has 174 valence electrons. The Hall–Kier alpha value is -2.97. The monoisotopic (exact) mass is 488 g/mol. The summed E-state index contributed by atoms with van der Waals surface area (Å²) in [5.41, 5.74) is 1.38. The Labute approximate surface area is 202 Å². The van der Waals surface area contributed by atoms with E-state index in [4.69, 9.17) is 23.8 Å². The van der Waals surface area contributed by atoms with Gasteiger partial charge >= 0.3 is 5.97 Å². The van der Waals surface area contributed by atoms with Crippen molar-refractivity contribution in [3.05, 3.63) is 64.7 Å². The van der Waals surface area contributed by atoms with Gasteiger partial charge in [-0.05, 0) is 49.9 Å². The van der Waals surface area contributed by atoms with Gasteiger partial charge in [0.25, 0.3) is 0 Å². The smallest absolute Gasteiger partial charge is 0.326 e. The quantitative estimate of drug-likeness (QED) is 0.488. The minimum Gasteiger partial charge on any atom is -0.508 e. The molecule has 1 aliphatic heterocycles. The van der Waals surface area contributed by atoms with Gasteiger partial charge in [-0.2, -0.15) is 0 Å². The zero-order valence-electron chi connectivity index (χ0n) is 18.0. The fraction of sp³-hybridized carbons (Fsp3) is 0.333. The third-order valence-electron chi connectivity index (χ3n) is 5.83. The molecule has 2 aromatic rings. The van der Waals surface area contributed by atoms with Crippen LogP contribution in [0.1, 0.15) is 36.9 Å². The van der Waals surface area contributed by atoms with Crippen LogP contribution < -0.4 is 5.32 Å². The van der Waals surface area contributed by atoms with Crippen molar-refractivity contribution >= 4 is 46.5 Å². The lowest BCUT2D eigenvalue weighted by Gasteiger charge is -2.29. The lowest BCUT2D eigenvalue weighted by Crippen LogP contribution is -2.47. The van der Waals surface area contributed by atoms with E-state index in [1.165, 1.54) is 17.9 Å². The molecule has 9 heteroatoms. The van der Waals surface area contributed by atoms with Gasteiger partial charge in [0.2, 0.25) is 5.91 Å². The maximum absolute atomic E-state index is 13.1. The van der Waals surface area contributed by atoms with E-state index < -0.39 is 29.9 Å². The zero-order valence-corrected chi connectivity index (χ0v) is 19.6. The van der Waals surface area contributed by atoms with E-state index in [2.05, 4.69) is 5.32 Å². The van der Waals surface area contributed by atoms with Gasteiger partial charge in [0, 0.05) is 10.6 Å². The number of carboxylic acids is 1. The molecule has 3 atom stereocenters. The van der Waals surface area contributed by atoms with Crippen molar-refractivity contribution in [2.24, 2.45) is 5.92 Å². The number of benzene rings is 2. The van der Waals surface area contributed by atoms with Crippen LogP contribution in [0.4, 0.5) is 0 Å². The molecule has 0 radical (unpaired) electrons. The highest BCUT2D eigenvalue weighted by molar-refractivity contribution is 7.80. The number of carbonyl (C=O) groups is 3. The number of para-hydroxylation sites is 1. The van der Waals surface area contributed by atoms with Crippen LogP contribution in [0.5, 0.6) is 5.75 Å². The van der Waals surface area contributed by atoms with E-state index in [1.54, 1.807) is 30.3 Å². The Balaban J connectivity index is 1.72. The predicted molar refractivity (Wildman–Crippen MR) is 128 cm³/mol. The molecule has 2 unspecified atom stereocenters. The van der Waals surface area contributed by atoms with Gasteiger partial charge in [0.1, 0.15) is 17.6 Å². The first kappa shape index (κ1) is 24.7. The number of nitrogens with zero attached hydrogens (tertiary/aromatic N) is 1. The van der Waals surface area contributed by atoms with Crippen LogP contribution >= 0.6 is 23.8 Å². The molecular formula is C24H25ClN2O5S. The second kappa shape index (κ2) is 10.8. The number of aliphatic carboxylic acids is 1. The number of ketones is 1. The molecule has 2 aromatic carbocycles. The molecule has 7 nitrogen and oxygen atoms in total. The lowest BCUT2D eigenvalue weighted by atomic mass is 9.95. The van der Waals surface area contributed by atoms with E-state index >= 15 is 0 Å². The third-order valence-corrected chi connectivity index (χ3v) is 6.51. The summed E-state index contributed by atoms with van der Waals surface area (Å²) in [5.74, 6) is -2.34. The molecule has 1 heterocycles. The molecule has 1 amide bonds. The summed E-state index contributed by atoms with van der Waals surface area (Å²) in [6.07, 6.45) is 1.04. The number of Topliss-reactive ketones (excluding diaryl/α,β-unsaturated/α-hetero) is 1. The molecule has 0 aromatic heterocycles. The molecule has 1 saturated heterocycles. The summed E-state index contributed by atoms with van der Waals surface area (Å²) in [7, 11) is 0. The normalized spacial score (nSPS) is 18.5. The maximum atomic E-state index is 13.1. The number of halogens is 1. The first-order valence-corrected chi connectivity index (χ1v) is 11.3. The zero-order chi connectivity index (χ0) is 24.1. The Morgan fingerprint density at radius 2 is 1.82 bits per heavy atom. The summed E-state index contributed by atoms with van der Waals surface area (Å²) in [4.78, 5) is 38.6. The van der Waals surface area contributed by atoms with Gasteiger partial charge in [-0.1, -0.05) is 54.2 Å². The second-order valence-electron chi connectivity index (χ2n) is 8.02. The van der Waals surface area contributed by atoms with E-state index in [9.17, 15) is 24.6 Å². The average molecular weight is 489 g/mol. The van der Waals surface area contributed by atoms with Crippen molar-refractivity contribution in [1.29, 1.82) is 0 Å². The van der Waals surface area contributed by atoms with Gasteiger partial charge in [-0.15, -0.1) is 0 Å². The Morgan fingerprint density at radius 3 is 2.42 bits per heavy atom. The number of aromatic hydroxyl groups is 1. The molecule has 0 aliphatic carbocycles. The number of carboxylic acid groups (broad SMARTS) is 1. The topological polar surface area (TPSA) is 107 Å². The molecule has 1 fully saturated rings. The van der Waals surface area contributed by atoms with Gasteiger partial charge in [0.15, 0.2) is 0 Å². The predicted octanol–water partition coefficient (Wildman–Crippen LogP) is 3.53. The molecule has 3 N–H and O–H groups in total. The van der Waals surface area contributed by atoms with Crippen molar-refractivity contribution in [3.63, 3.8) is 0 Å². The molecule has 0 saturated carbocycles. The van der Waals surface area contributed by atoms with Crippen LogP contribution in [-0.2, 0) is 20.8 Å². The lowest BCUT2D eigenvalue weighted by molar-refractivity contribution is -0.149. The number of phenolic OH excluding ortho intramolecular Hbond substituents is 1. The summed E-state index contributed by atoms with van der Waals surface area (Å²) in [6, 6.07) is 12.1. The highest BCUT2D eigenvalue weighted by Gasteiger charge is 2.42. The Morgan fingerprint density at radius 1 is 1.15 bits per heavy atom. The minimum atomic E-state index is -1.10. The van der Waals surface area contributed by atoms with Crippen molar-refractivity contribution < 1.29 is 24.6 Å². The summed E-state index contributed by atoms with van der Waals surface area (Å²) < 4.78 is 0. The second-order valence-corrected chi connectivity index (χ2v) is 8.89. The van der Waals surface area contributed by atoms with E-state index in [0.717, 1.165) is 5.56 Å². The minimum absolute atomic E-state index is 0.00873. The number of nitrogens with one attached hydrogen (secondary N) is 1. The van der Waals surface area contributed by atoms with Crippen LogP contribution in [0.2, 0.25) is 5.02 Å².